The fourth-order valence-electron chi connectivity index (χ4n) is 5.79. The van der Waals surface area contributed by atoms with Gasteiger partial charge in [-0.15, -0.1) is 0 Å². The fourth-order valence-corrected chi connectivity index (χ4v) is 6.54. The molecule has 2 atom stereocenters. The Morgan fingerprint density at radius 2 is 2.05 bits per heavy atom. The molecule has 1 aromatic heterocycles. The summed E-state index contributed by atoms with van der Waals surface area (Å²) in [4.78, 5) is 50.0. The second-order valence-electron chi connectivity index (χ2n) is 11.4. The van der Waals surface area contributed by atoms with E-state index in [4.69, 9.17) is 21.1 Å². The topological polar surface area (TPSA) is 152 Å². The SMILES string of the molecule is COC(=O)C1(Cc2nc(Cl)nc(N3CCN(C(=O)OC(C)(C)C)[C@@H](CC#N)C3)c2[N+](=O)[O-])CCCc2c(Br)cccc21. The number of ether oxygens (including phenoxy) is 2. The van der Waals surface area contributed by atoms with Gasteiger partial charge >= 0.3 is 17.7 Å². The molecule has 4 rings (SSSR count). The largest absolute Gasteiger partial charge is 0.468 e. The Hall–Kier alpha value is -3.50. The molecule has 14 heteroatoms. The number of piperazine rings is 1. The van der Waals surface area contributed by atoms with E-state index < -0.39 is 34.0 Å². The van der Waals surface area contributed by atoms with Gasteiger partial charge in [0.05, 0.1) is 36.0 Å². The monoisotopic (exact) mass is 662 g/mol. The molecule has 42 heavy (non-hydrogen) atoms. The van der Waals surface area contributed by atoms with Gasteiger partial charge in [0.25, 0.3) is 0 Å². The maximum atomic E-state index is 13.5. The molecule has 2 aromatic rings. The Morgan fingerprint density at radius 1 is 1.31 bits per heavy atom. The quantitative estimate of drug-likeness (QED) is 0.176. The maximum Gasteiger partial charge on any atom is 0.410 e. The van der Waals surface area contributed by atoms with Crippen LogP contribution in [-0.2, 0) is 32.5 Å². The van der Waals surface area contributed by atoms with Crippen LogP contribution < -0.4 is 4.90 Å². The maximum absolute atomic E-state index is 13.5. The third-order valence-corrected chi connectivity index (χ3v) is 8.45. The van der Waals surface area contributed by atoms with E-state index in [1.165, 1.54) is 12.0 Å². The third kappa shape index (κ3) is 6.29. The number of methoxy groups -OCH3 is 1. The zero-order valence-corrected chi connectivity index (χ0v) is 26.2. The van der Waals surface area contributed by atoms with E-state index in [0.29, 0.717) is 12.8 Å². The molecule has 0 N–H and O–H groups in total. The van der Waals surface area contributed by atoms with Crippen molar-refractivity contribution < 1.29 is 24.0 Å². The average Bonchev–Trinajstić information content (AvgIpc) is 2.91. The molecule has 224 valence electrons. The van der Waals surface area contributed by atoms with Crippen molar-refractivity contribution in [1.29, 1.82) is 5.26 Å². The molecule has 0 spiro atoms. The van der Waals surface area contributed by atoms with Crippen LogP contribution in [0.15, 0.2) is 22.7 Å². The molecule has 0 radical (unpaired) electrons. The molecule has 1 aliphatic carbocycles. The van der Waals surface area contributed by atoms with Gasteiger partial charge in [0.2, 0.25) is 11.1 Å². The van der Waals surface area contributed by atoms with Crippen molar-refractivity contribution in [3.8, 4) is 6.07 Å². The summed E-state index contributed by atoms with van der Waals surface area (Å²) >= 11 is 9.94. The number of nitrogens with zero attached hydrogens (tertiary/aromatic N) is 6. The van der Waals surface area contributed by atoms with Crippen molar-refractivity contribution in [2.45, 2.75) is 69.9 Å². The Balaban J connectivity index is 1.77. The highest BCUT2D eigenvalue weighted by atomic mass is 79.9. The van der Waals surface area contributed by atoms with Crippen LogP contribution in [0.2, 0.25) is 5.28 Å². The molecule has 1 amide bonds. The molecule has 0 saturated carbocycles. The number of carbonyl (C=O) groups is 2. The van der Waals surface area contributed by atoms with Crippen LogP contribution in [0.5, 0.6) is 0 Å². The van der Waals surface area contributed by atoms with E-state index in [-0.39, 0.29) is 55.0 Å². The first-order chi connectivity index (χ1) is 19.8. The molecule has 1 fully saturated rings. The number of nitro groups is 1. The lowest BCUT2D eigenvalue weighted by molar-refractivity contribution is -0.385. The molecule has 1 saturated heterocycles. The highest BCUT2D eigenvalue weighted by molar-refractivity contribution is 9.10. The van der Waals surface area contributed by atoms with Crippen molar-refractivity contribution in [2.75, 3.05) is 31.6 Å². The lowest BCUT2D eigenvalue weighted by atomic mass is 9.67. The Bertz CT molecular complexity index is 1440. The summed E-state index contributed by atoms with van der Waals surface area (Å²) in [7, 11) is 1.29. The minimum Gasteiger partial charge on any atom is -0.468 e. The zero-order valence-electron chi connectivity index (χ0n) is 23.9. The van der Waals surface area contributed by atoms with E-state index in [0.717, 1.165) is 22.0 Å². The van der Waals surface area contributed by atoms with E-state index >= 15 is 0 Å². The first-order valence-electron chi connectivity index (χ1n) is 13.5. The summed E-state index contributed by atoms with van der Waals surface area (Å²) in [6.07, 6.45) is 1.07. The number of aromatic nitrogens is 2. The molecule has 2 aliphatic rings. The summed E-state index contributed by atoms with van der Waals surface area (Å²) < 4.78 is 11.6. The fraction of sp³-hybridized carbons (Fsp3) is 0.536. The number of fused-ring (bicyclic) bond motifs is 1. The van der Waals surface area contributed by atoms with Crippen molar-refractivity contribution in [3.05, 3.63) is 54.9 Å². The molecular weight excluding hydrogens is 632 g/mol. The van der Waals surface area contributed by atoms with Crippen molar-refractivity contribution in [2.24, 2.45) is 0 Å². The lowest BCUT2D eigenvalue weighted by Gasteiger charge is -2.41. The second-order valence-corrected chi connectivity index (χ2v) is 12.6. The van der Waals surface area contributed by atoms with Crippen LogP contribution in [-0.4, -0.2) is 70.2 Å². The molecule has 2 heterocycles. The van der Waals surface area contributed by atoms with Crippen molar-refractivity contribution in [3.63, 3.8) is 0 Å². The Kier molecular flexibility index (Phi) is 9.27. The van der Waals surface area contributed by atoms with E-state index in [1.807, 2.05) is 18.2 Å². The number of amides is 1. The van der Waals surface area contributed by atoms with Gasteiger partial charge in [0.15, 0.2) is 0 Å². The first kappa shape index (κ1) is 31.4. The van der Waals surface area contributed by atoms with Gasteiger partial charge < -0.3 is 19.3 Å². The van der Waals surface area contributed by atoms with Gasteiger partial charge in [-0.25, -0.2) is 9.78 Å². The number of halogens is 2. The van der Waals surface area contributed by atoms with Gasteiger partial charge in [-0.2, -0.15) is 10.2 Å². The highest BCUT2D eigenvalue weighted by Crippen LogP contribution is 2.45. The Labute approximate surface area is 257 Å². The third-order valence-electron chi connectivity index (χ3n) is 7.54. The number of rotatable bonds is 6. The van der Waals surface area contributed by atoms with Gasteiger partial charge in [0.1, 0.15) is 11.3 Å². The smallest absolute Gasteiger partial charge is 0.410 e. The molecule has 0 bridgehead atoms. The van der Waals surface area contributed by atoms with E-state index in [2.05, 4.69) is 32.0 Å². The summed E-state index contributed by atoms with van der Waals surface area (Å²) in [6.45, 7) is 5.64. The normalized spacial score (nSPS) is 20.4. The van der Waals surface area contributed by atoms with Crippen molar-refractivity contribution in [1.82, 2.24) is 14.9 Å². The number of hydrogen-bond acceptors (Lipinski definition) is 10. The summed E-state index contributed by atoms with van der Waals surface area (Å²) in [5, 5.41) is 21.9. The number of anilines is 1. The van der Waals surface area contributed by atoms with Crippen LogP contribution in [0.3, 0.4) is 0 Å². The minimum absolute atomic E-state index is 0.000342. The van der Waals surface area contributed by atoms with Crippen LogP contribution in [0.1, 0.15) is 56.9 Å². The molecule has 1 aliphatic heterocycles. The number of benzene rings is 1. The van der Waals surface area contributed by atoms with Crippen LogP contribution in [0.4, 0.5) is 16.3 Å². The zero-order chi connectivity index (χ0) is 30.8. The molecule has 1 unspecified atom stereocenters. The van der Waals surface area contributed by atoms with E-state index in [1.54, 1.807) is 25.7 Å². The number of nitriles is 1. The molecule has 1 aromatic carbocycles. The lowest BCUT2D eigenvalue weighted by Crippen LogP contribution is -2.56. The molecule has 12 nitrogen and oxygen atoms in total. The summed E-state index contributed by atoms with van der Waals surface area (Å²) in [6, 6.07) is 7.02. The van der Waals surface area contributed by atoms with E-state index in [9.17, 15) is 25.0 Å². The minimum atomic E-state index is -1.23. The van der Waals surface area contributed by atoms with Gasteiger partial charge in [-0.05, 0) is 68.8 Å². The van der Waals surface area contributed by atoms with Crippen LogP contribution in [0.25, 0.3) is 0 Å². The highest BCUT2D eigenvalue weighted by Gasteiger charge is 2.48. The average molecular weight is 664 g/mol. The molecular formula is C28H32BrClN6O6. The van der Waals surface area contributed by atoms with Gasteiger partial charge in [-0.1, -0.05) is 28.1 Å². The van der Waals surface area contributed by atoms with Gasteiger partial charge in [-0.3, -0.25) is 14.9 Å². The number of carbonyl (C=O) groups excluding carboxylic acids is 2. The first-order valence-corrected chi connectivity index (χ1v) is 14.7. The number of hydrogen-bond donors (Lipinski definition) is 0. The van der Waals surface area contributed by atoms with Gasteiger partial charge in [0, 0.05) is 30.5 Å². The predicted molar refractivity (Wildman–Crippen MR) is 157 cm³/mol. The summed E-state index contributed by atoms with van der Waals surface area (Å²) in [5.74, 6) is -0.556. The standard InChI is InChI=1S/C28H32BrClN6O6/c1-27(2,3)42-26(38)35-14-13-34(16-17(35)10-12-31)23-22(36(39)40)21(32-25(30)33-23)15-28(24(37)41-4)11-6-7-18-19(28)8-5-9-20(18)29/h5,8-9,17H,6-7,10-11,13-16H2,1-4H3/t17-,28?/m0/s1. The summed E-state index contributed by atoms with van der Waals surface area (Å²) in [5.41, 5.74) is -0.687. The van der Waals surface area contributed by atoms with Crippen LogP contribution in [0, 0.1) is 21.4 Å². The van der Waals surface area contributed by atoms with Crippen molar-refractivity contribution >= 4 is 51.1 Å². The second kappa shape index (κ2) is 12.4. The predicted octanol–water partition coefficient (Wildman–Crippen LogP) is 5.13. The Morgan fingerprint density at radius 3 is 2.69 bits per heavy atom. The number of esters is 1. The van der Waals surface area contributed by atoms with Crippen LogP contribution >= 0.6 is 27.5 Å².